The summed E-state index contributed by atoms with van der Waals surface area (Å²) in [5, 5.41) is 2.66. The van der Waals surface area contributed by atoms with E-state index in [1.54, 1.807) is 11.9 Å². The van der Waals surface area contributed by atoms with Crippen LogP contribution in [0.25, 0.3) is 0 Å². The molecule has 5 nitrogen and oxygen atoms in total. The Labute approximate surface area is 77.0 Å². The third-order valence-electron chi connectivity index (χ3n) is 2.13. The molecule has 0 aromatic rings. The Morgan fingerprint density at radius 1 is 1.69 bits per heavy atom. The zero-order valence-electron chi connectivity index (χ0n) is 7.87. The minimum atomic E-state index is -0.437. The summed E-state index contributed by atoms with van der Waals surface area (Å²) < 4.78 is 4.46. The maximum atomic E-state index is 11.1. The van der Waals surface area contributed by atoms with Crippen molar-refractivity contribution < 1.29 is 14.3 Å². The Balaban J connectivity index is 2.37. The molecule has 1 aliphatic heterocycles. The van der Waals surface area contributed by atoms with Crippen LogP contribution < -0.4 is 5.32 Å². The van der Waals surface area contributed by atoms with Crippen molar-refractivity contribution in [3.05, 3.63) is 0 Å². The van der Waals surface area contributed by atoms with Gasteiger partial charge in [-0.1, -0.05) is 0 Å². The standard InChI is InChI=1S/C8H14N2O3/c1-10-5-6(3-4-7(10)11)9-8(12)13-2/h6H,3-5H2,1-2H3,(H,9,12). The number of carbonyl (C=O) groups is 2. The van der Waals surface area contributed by atoms with Crippen molar-refractivity contribution in [2.75, 3.05) is 20.7 Å². The van der Waals surface area contributed by atoms with E-state index in [1.165, 1.54) is 7.11 Å². The molecule has 1 N–H and O–H groups in total. The van der Waals surface area contributed by atoms with Gasteiger partial charge in [-0.2, -0.15) is 0 Å². The molecular formula is C8H14N2O3. The number of likely N-dealkylation sites (N-methyl/N-ethyl adjacent to an activating group) is 1. The summed E-state index contributed by atoms with van der Waals surface area (Å²) >= 11 is 0. The second kappa shape index (κ2) is 4.11. The van der Waals surface area contributed by atoms with E-state index < -0.39 is 6.09 Å². The number of rotatable bonds is 1. The van der Waals surface area contributed by atoms with Gasteiger partial charge in [0.05, 0.1) is 13.2 Å². The van der Waals surface area contributed by atoms with Crippen LogP contribution in [0.5, 0.6) is 0 Å². The maximum absolute atomic E-state index is 11.1. The fourth-order valence-electron chi connectivity index (χ4n) is 1.36. The van der Waals surface area contributed by atoms with Gasteiger partial charge >= 0.3 is 6.09 Å². The van der Waals surface area contributed by atoms with Crippen LogP contribution >= 0.6 is 0 Å². The van der Waals surface area contributed by atoms with Crippen molar-refractivity contribution in [3.8, 4) is 0 Å². The normalized spacial score (nSPS) is 22.8. The number of hydrogen-bond acceptors (Lipinski definition) is 3. The SMILES string of the molecule is COC(=O)NC1CCC(=O)N(C)C1. The smallest absolute Gasteiger partial charge is 0.407 e. The predicted octanol–water partition coefficient (Wildman–Crippen LogP) is -0.0368. The minimum Gasteiger partial charge on any atom is -0.453 e. The van der Waals surface area contributed by atoms with E-state index >= 15 is 0 Å². The van der Waals surface area contributed by atoms with Crippen molar-refractivity contribution in [2.45, 2.75) is 18.9 Å². The molecule has 0 radical (unpaired) electrons. The summed E-state index contributed by atoms with van der Waals surface area (Å²) in [7, 11) is 3.06. The van der Waals surface area contributed by atoms with E-state index in [4.69, 9.17) is 0 Å². The fraction of sp³-hybridized carbons (Fsp3) is 0.750. The van der Waals surface area contributed by atoms with Gasteiger partial charge in [-0.3, -0.25) is 4.79 Å². The highest BCUT2D eigenvalue weighted by atomic mass is 16.5. The van der Waals surface area contributed by atoms with Crippen LogP contribution in [0.2, 0.25) is 0 Å². The van der Waals surface area contributed by atoms with Crippen LogP contribution in [0.15, 0.2) is 0 Å². The van der Waals surface area contributed by atoms with Crippen LogP contribution in [0.4, 0.5) is 4.79 Å². The molecule has 13 heavy (non-hydrogen) atoms. The number of nitrogens with one attached hydrogen (secondary N) is 1. The summed E-state index contributed by atoms with van der Waals surface area (Å²) in [5.41, 5.74) is 0. The lowest BCUT2D eigenvalue weighted by atomic mass is 10.1. The van der Waals surface area contributed by atoms with Crippen LogP contribution in [-0.4, -0.2) is 43.6 Å². The molecule has 1 aliphatic rings. The zero-order valence-corrected chi connectivity index (χ0v) is 7.87. The first kappa shape index (κ1) is 9.83. The molecule has 1 rings (SSSR count). The number of carbonyl (C=O) groups excluding carboxylic acids is 2. The van der Waals surface area contributed by atoms with Gasteiger partial charge in [0.1, 0.15) is 0 Å². The van der Waals surface area contributed by atoms with Crippen LogP contribution in [0.3, 0.4) is 0 Å². The molecule has 5 heteroatoms. The number of methoxy groups -OCH3 is 1. The highest BCUT2D eigenvalue weighted by molar-refractivity contribution is 5.77. The van der Waals surface area contributed by atoms with Gasteiger partial charge in [0.25, 0.3) is 0 Å². The Kier molecular flexibility index (Phi) is 3.11. The third kappa shape index (κ3) is 2.61. The number of alkyl carbamates (subject to hydrolysis) is 1. The number of nitrogens with zero attached hydrogens (tertiary/aromatic N) is 1. The molecule has 1 fully saturated rings. The van der Waals surface area contributed by atoms with Crippen molar-refractivity contribution in [2.24, 2.45) is 0 Å². The Bertz CT molecular complexity index is 217. The van der Waals surface area contributed by atoms with E-state index in [0.717, 1.165) is 0 Å². The highest BCUT2D eigenvalue weighted by Crippen LogP contribution is 2.09. The summed E-state index contributed by atoms with van der Waals surface area (Å²) in [5.74, 6) is 0.128. The van der Waals surface area contributed by atoms with E-state index in [1.807, 2.05) is 0 Å². The maximum Gasteiger partial charge on any atom is 0.407 e. The summed E-state index contributed by atoms with van der Waals surface area (Å²) in [6, 6.07) is 0.0233. The number of hydrogen-bond donors (Lipinski definition) is 1. The number of ether oxygens (including phenoxy) is 1. The van der Waals surface area contributed by atoms with Gasteiger partial charge < -0.3 is 15.0 Å². The number of piperidine rings is 1. The predicted molar refractivity (Wildman–Crippen MR) is 46.2 cm³/mol. The van der Waals surface area contributed by atoms with Gasteiger partial charge in [0.15, 0.2) is 0 Å². The van der Waals surface area contributed by atoms with Crippen LogP contribution in [0.1, 0.15) is 12.8 Å². The molecule has 0 saturated carbocycles. The van der Waals surface area contributed by atoms with Crippen molar-refractivity contribution in [1.82, 2.24) is 10.2 Å². The molecule has 0 aromatic carbocycles. The van der Waals surface area contributed by atoms with Crippen LogP contribution in [0, 0.1) is 0 Å². The molecule has 0 aliphatic carbocycles. The number of likely N-dealkylation sites (tertiary alicyclic amines) is 1. The minimum absolute atomic E-state index is 0.0233. The number of amides is 2. The largest absolute Gasteiger partial charge is 0.453 e. The summed E-state index contributed by atoms with van der Waals surface area (Å²) in [6.07, 6.45) is 0.747. The molecule has 0 spiro atoms. The fourth-order valence-corrected chi connectivity index (χ4v) is 1.36. The molecule has 0 aromatic heterocycles. The molecular weight excluding hydrogens is 172 g/mol. The van der Waals surface area contributed by atoms with E-state index in [9.17, 15) is 9.59 Å². The van der Waals surface area contributed by atoms with Crippen molar-refractivity contribution in [3.63, 3.8) is 0 Å². The summed E-state index contributed by atoms with van der Waals surface area (Å²) in [6.45, 7) is 0.563. The third-order valence-corrected chi connectivity index (χ3v) is 2.13. The van der Waals surface area contributed by atoms with Crippen molar-refractivity contribution in [1.29, 1.82) is 0 Å². The quantitative estimate of drug-likeness (QED) is 0.625. The average molecular weight is 186 g/mol. The second-order valence-electron chi connectivity index (χ2n) is 3.15. The van der Waals surface area contributed by atoms with Crippen molar-refractivity contribution >= 4 is 12.0 Å². The molecule has 2 amide bonds. The lowest BCUT2D eigenvalue weighted by Gasteiger charge is -2.29. The van der Waals surface area contributed by atoms with Gasteiger partial charge in [-0.05, 0) is 6.42 Å². The molecule has 74 valence electrons. The molecule has 1 heterocycles. The Morgan fingerprint density at radius 3 is 2.92 bits per heavy atom. The lowest BCUT2D eigenvalue weighted by molar-refractivity contribution is -0.132. The zero-order chi connectivity index (χ0) is 9.84. The van der Waals surface area contributed by atoms with Gasteiger partial charge in [-0.15, -0.1) is 0 Å². The topological polar surface area (TPSA) is 58.6 Å². The van der Waals surface area contributed by atoms with Gasteiger partial charge in [0.2, 0.25) is 5.91 Å². The Hall–Kier alpha value is -1.26. The second-order valence-corrected chi connectivity index (χ2v) is 3.15. The van der Waals surface area contributed by atoms with Gasteiger partial charge in [0, 0.05) is 20.0 Å². The molecule has 1 atom stereocenters. The monoisotopic (exact) mass is 186 g/mol. The first-order valence-electron chi connectivity index (χ1n) is 4.22. The lowest BCUT2D eigenvalue weighted by Crippen LogP contribution is -2.48. The molecule has 1 unspecified atom stereocenters. The molecule has 0 bridgehead atoms. The first-order valence-corrected chi connectivity index (χ1v) is 4.22. The Morgan fingerprint density at radius 2 is 2.38 bits per heavy atom. The summed E-state index contributed by atoms with van der Waals surface area (Å²) in [4.78, 5) is 23.5. The van der Waals surface area contributed by atoms with Crippen LogP contribution in [-0.2, 0) is 9.53 Å². The highest BCUT2D eigenvalue weighted by Gasteiger charge is 2.23. The average Bonchev–Trinajstić information content (AvgIpc) is 2.11. The first-order chi connectivity index (χ1) is 6.13. The van der Waals surface area contributed by atoms with E-state index in [0.29, 0.717) is 19.4 Å². The van der Waals surface area contributed by atoms with E-state index in [2.05, 4.69) is 10.1 Å². The van der Waals surface area contributed by atoms with E-state index in [-0.39, 0.29) is 11.9 Å². The van der Waals surface area contributed by atoms with Gasteiger partial charge in [-0.25, -0.2) is 4.79 Å². The molecule has 1 saturated heterocycles.